The average molecular weight is 400 g/mol. The Hall–Kier alpha value is -3.94. The molecule has 4 N–H and O–H groups in total. The van der Waals surface area contributed by atoms with Crippen LogP contribution in [0.5, 0.6) is 23.0 Å². The molecule has 0 aliphatic rings. The van der Waals surface area contributed by atoms with Crippen LogP contribution in [0, 0.1) is 0 Å². The first-order valence-electron chi connectivity index (χ1n) is 8.59. The van der Waals surface area contributed by atoms with Crippen LogP contribution in [0.4, 0.5) is 0 Å². The second-order valence-corrected chi connectivity index (χ2v) is 5.85. The van der Waals surface area contributed by atoms with Crippen molar-refractivity contribution in [3.8, 4) is 23.0 Å². The number of hydrogen-bond donors (Lipinski definition) is 4. The number of benzene rings is 2. The van der Waals surface area contributed by atoms with Gasteiger partial charge in [-0.1, -0.05) is 12.1 Å². The van der Waals surface area contributed by atoms with Crippen LogP contribution in [0.3, 0.4) is 0 Å². The van der Waals surface area contributed by atoms with Crippen LogP contribution in [0.2, 0.25) is 0 Å². The number of hydrogen-bond acceptors (Lipinski definition) is 8. The van der Waals surface area contributed by atoms with Crippen molar-refractivity contribution in [1.29, 1.82) is 0 Å². The molecule has 0 fully saturated rings. The zero-order chi connectivity index (χ0) is 21.2. The summed E-state index contributed by atoms with van der Waals surface area (Å²) in [5, 5.41) is 37.2. The monoisotopic (exact) mass is 400 g/mol. The van der Waals surface area contributed by atoms with Crippen molar-refractivity contribution in [1.82, 2.24) is 0 Å². The van der Waals surface area contributed by atoms with Crippen LogP contribution < -0.4 is 0 Å². The first kappa shape index (κ1) is 21.4. The van der Waals surface area contributed by atoms with E-state index >= 15 is 0 Å². The summed E-state index contributed by atoms with van der Waals surface area (Å²) < 4.78 is 9.91. The predicted molar refractivity (Wildman–Crippen MR) is 104 cm³/mol. The molecule has 2 aromatic carbocycles. The third-order valence-electron chi connectivity index (χ3n) is 3.60. The lowest BCUT2D eigenvalue weighted by atomic mass is 10.2. The molecule has 0 saturated heterocycles. The zero-order valence-corrected chi connectivity index (χ0v) is 15.3. The van der Waals surface area contributed by atoms with E-state index in [1.165, 1.54) is 60.7 Å². The van der Waals surface area contributed by atoms with E-state index in [-0.39, 0.29) is 36.2 Å². The molecule has 0 unspecified atom stereocenters. The van der Waals surface area contributed by atoms with E-state index in [0.717, 1.165) is 0 Å². The van der Waals surface area contributed by atoms with Crippen molar-refractivity contribution >= 4 is 24.1 Å². The summed E-state index contributed by atoms with van der Waals surface area (Å²) in [5.74, 6) is -2.30. The number of carbonyl (C=O) groups excluding carboxylic acids is 2. The number of ether oxygens (including phenoxy) is 2. The Morgan fingerprint density at radius 2 is 1.10 bits per heavy atom. The van der Waals surface area contributed by atoms with E-state index < -0.39 is 11.9 Å². The quantitative estimate of drug-likeness (QED) is 0.230. The minimum atomic E-state index is -0.601. The van der Waals surface area contributed by atoms with Gasteiger partial charge < -0.3 is 29.9 Å². The lowest BCUT2D eigenvalue weighted by Crippen LogP contribution is -2.08. The molecule has 0 aliphatic heterocycles. The summed E-state index contributed by atoms with van der Waals surface area (Å²) in [6.45, 7) is 0.0969. The number of carbonyl (C=O) groups is 2. The largest absolute Gasteiger partial charge is 0.504 e. The van der Waals surface area contributed by atoms with E-state index in [2.05, 4.69) is 0 Å². The molecule has 2 rings (SSSR count). The number of esters is 2. The van der Waals surface area contributed by atoms with Gasteiger partial charge in [-0.2, -0.15) is 0 Å². The van der Waals surface area contributed by atoms with E-state index in [1.807, 2.05) is 0 Å². The lowest BCUT2D eigenvalue weighted by Gasteiger charge is -2.03. The maximum atomic E-state index is 11.6. The van der Waals surface area contributed by atoms with Crippen molar-refractivity contribution in [2.75, 3.05) is 13.2 Å². The van der Waals surface area contributed by atoms with Gasteiger partial charge in [0.05, 0.1) is 13.2 Å². The van der Waals surface area contributed by atoms with Gasteiger partial charge in [0.2, 0.25) is 0 Å². The molecular formula is C21H20O8. The van der Waals surface area contributed by atoms with Gasteiger partial charge in [0.15, 0.2) is 23.0 Å². The van der Waals surface area contributed by atoms with Gasteiger partial charge in [-0.25, -0.2) is 9.59 Å². The summed E-state index contributed by atoms with van der Waals surface area (Å²) in [7, 11) is 0. The molecule has 0 radical (unpaired) electrons. The minimum Gasteiger partial charge on any atom is -0.504 e. The maximum absolute atomic E-state index is 11.6. The Morgan fingerprint density at radius 1 is 0.690 bits per heavy atom. The van der Waals surface area contributed by atoms with Gasteiger partial charge in [0.1, 0.15) is 0 Å². The summed E-state index contributed by atoms with van der Waals surface area (Å²) in [5.41, 5.74) is 1.03. The smallest absolute Gasteiger partial charge is 0.330 e. The second kappa shape index (κ2) is 10.4. The highest BCUT2D eigenvalue weighted by Crippen LogP contribution is 2.26. The second-order valence-electron chi connectivity index (χ2n) is 5.85. The van der Waals surface area contributed by atoms with Crippen LogP contribution in [0.25, 0.3) is 12.2 Å². The van der Waals surface area contributed by atoms with E-state index in [0.29, 0.717) is 17.5 Å². The summed E-state index contributed by atoms with van der Waals surface area (Å²) in [6, 6.07) is 8.23. The first-order valence-corrected chi connectivity index (χ1v) is 8.59. The van der Waals surface area contributed by atoms with Gasteiger partial charge in [0, 0.05) is 18.6 Å². The molecule has 29 heavy (non-hydrogen) atoms. The topological polar surface area (TPSA) is 134 Å². The van der Waals surface area contributed by atoms with Crippen molar-refractivity contribution in [2.45, 2.75) is 6.42 Å². The highest BCUT2D eigenvalue weighted by Gasteiger charge is 2.02. The Labute approximate surface area is 166 Å². The summed E-state index contributed by atoms with van der Waals surface area (Å²) in [4.78, 5) is 23.2. The Kier molecular flexibility index (Phi) is 7.67. The van der Waals surface area contributed by atoms with Crippen molar-refractivity contribution in [3.05, 3.63) is 59.7 Å². The maximum Gasteiger partial charge on any atom is 0.330 e. The highest BCUT2D eigenvalue weighted by atomic mass is 16.5. The highest BCUT2D eigenvalue weighted by molar-refractivity contribution is 5.87. The van der Waals surface area contributed by atoms with Gasteiger partial charge in [-0.15, -0.1) is 0 Å². The molecule has 0 atom stereocenters. The molecule has 8 nitrogen and oxygen atoms in total. The number of phenolic OH excluding ortho intramolecular Hbond substituents is 4. The molecular weight excluding hydrogens is 380 g/mol. The zero-order valence-electron chi connectivity index (χ0n) is 15.3. The average Bonchev–Trinajstić information content (AvgIpc) is 2.69. The molecule has 0 saturated carbocycles. The molecule has 0 aliphatic carbocycles. The van der Waals surface area contributed by atoms with Crippen LogP contribution in [0.1, 0.15) is 17.5 Å². The third-order valence-corrected chi connectivity index (χ3v) is 3.60. The van der Waals surface area contributed by atoms with E-state index in [9.17, 15) is 30.0 Å². The normalized spacial score (nSPS) is 11.0. The van der Waals surface area contributed by atoms with Crippen molar-refractivity contribution in [2.24, 2.45) is 0 Å². The van der Waals surface area contributed by atoms with Crippen molar-refractivity contribution < 1.29 is 39.5 Å². The van der Waals surface area contributed by atoms with Gasteiger partial charge in [-0.3, -0.25) is 0 Å². The molecule has 0 amide bonds. The standard InChI is InChI=1S/C21H20O8/c22-16-6-2-14(12-18(16)24)4-8-20(26)28-10-1-11-29-21(27)9-5-15-3-7-17(23)19(25)13-15/h2-9,12-13,22-25H,1,10-11H2. The van der Waals surface area contributed by atoms with Gasteiger partial charge >= 0.3 is 11.9 Å². The van der Waals surface area contributed by atoms with Crippen LogP contribution in [-0.4, -0.2) is 45.6 Å². The fraction of sp³-hybridized carbons (Fsp3) is 0.143. The van der Waals surface area contributed by atoms with Crippen LogP contribution in [-0.2, 0) is 19.1 Å². The molecule has 0 spiro atoms. The minimum absolute atomic E-state index is 0.0484. The van der Waals surface area contributed by atoms with E-state index in [1.54, 1.807) is 0 Å². The first-order chi connectivity index (χ1) is 13.8. The molecule has 2 aromatic rings. The third kappa shape index (κ3) is 7.30. The number of phenols is 4. The molecule has 8 heteroatoms. The molecule has 0 bridgehead atoms. The number of aromatic hydroxyl groups is 4. The van der Waals surface area contributed by atoms with Gasteiger partial charge in [-0.05, 0) is 47.5 Å². The lowest BCUT2D eigenvalue weighted by molar-refractivity contribution is -0.140. The Morgan fingerprint density at radius 3 is 1.48 bits per heavy atom. The number of rotatable bonds is 8. The van der Waals surface area contributed by atoms with Gasteiger partial charge in [0.25, 0.3) is 0 Å². The van der Waals surface area contributed by atoms with Crippen LogP contribution >= 0.6 is 0 Å². The summed E-state index contributed by atoms with van der Waals surface area (Å²) in [6.07, 6.45) is 5.50. The van der Waals surface area contributed by atoms with E-state index in [4.69, 9.17) is 9.47 Å². The molecule has 152 valence electrons. The Bertz CT molecular complexity index is 855. The fourth-order valence-corrected chi connectivity index (χ4v) is 2.12. The van der Waals surface area contributed by atoms with Crippen LogP contribution in [0.15, 0.2) is 48.6 Å². The molecule has 0 heterocycles. The fourth-order valence-electron chi connectivity index (χ4n) is 2.12. The van der Waals surface area contributed by atoms with Crippen molar-refractivity contribution in [3.63, 3.8) is 0 Å². The molecule has 0 aromatic heterocycles. The Balaban J connectivity index is 1.65. The SMILES string of the molecule is O=C(C=Cc1ccc(O)c(O)c1)OCCCOC(=O)C=Cc1ccc(O)c(O)c1. The predicted octanol–water partition coefficient (Wildman–Crippen LogP) is 2.71. The summed E-state index contributed by atoms with van der Waals surface area (Å²) >= 11 is 0.